The van der Waals surface area contributed by atoms with Gasteiger partial charge >= 0.3 is 15.5 Å². The molecule has 2 heterocycles. The molecule has 0 amide bonds. The van der Waals surface area contributed by atoms with Crippen molar-refractivity contribution in [1.29, 1.82) is 0 Å². The van der Waals surface area contributed by atoms with E-state index in [0.717, 1.165) is 11.1 Å². The van der Waals surface area contributed by atoms with Crippen molar-refractivity contribution in [3.8, 4) is 0 Å². The van der Waals surface area contributed by atoms with Gasteiger partial charge in [0.05, 0.1) is 0 Å². The number of alkyl halides is 3. The maximum atomic E-state index is 13.7. The van der Waals surface area contributed by atoms with Gasteiger partial charge in [-0.15, -0.1) is 4.41 Å². The van der Waals surface area contributed by atoms with E-state index in [1.165, 1.54) is 4.90 Å². The fourth-order valence-corrected chi connectivity index (χ4v) is 5.38. The number of likely N-dealkylation sites (N-methyl/N-ethyl adjacent to an activating group) is 1. The number of halogens is 3. The molecule has 6 nitrogen and oxygen atoms in total. The number of hydrogen-bond acceptors (Lipinski definition) is 5. The molecular weight excluding hydrogens is 441 g/mol. The summed E-state index contributed by atoms with van der Waals surface area (Å²) in [5, 5.41) is 7.70. The molecule has 4 rings (SSSR count). The van der Waals surface area contributed by atoms with E-state index >= 15 is 0 Å². The van der Waals surface area contributed by atoms with Gasteiger partial charge < -0.3 is 4.90 Å². The lowest BCUT2D eigenvalue weighted by molar-refractivity contribution is -0.0514. The topological polar surface area (TPSA) is 65.3 Å². The highest BCUT2D eigenvalue weighted by Gasteiger charge is 2.65. The molecule has 2 atom stereocenters. The summed E-state index contributed by atoms with van der Waals surface area (Å²) >= 11 is 0. The Hall–Kier alpha value is -2.88. The summed E-state index contributed by atoms with van der Waals surface area (Å²) in [5.41, 5.74) is -5.36. The van der Waals surface area contributed by atoms with Crippen molar-refractivity contribution in [2.24, 2.45) is 15.8 Å². The zero-order chi connectivity index (χ0) is 23.5. The van der Waals surface area contributed by atoms with Crippen molar-refractivity contribution in [2.45, 2.75) is 38.0 Å². The number of sulfonamides is 1. The third-order valence-corrected chi connectivity index (χ3v) is 7.24. The molecule has 2 aliphatic heterocycles. The predicted octanol–water partition coefficient (Wildman–Crippen LogP) is 5.21. The first-order chi connectivity index (χ1) is 14.8. The molecule has 0 aliphatic carbocycles. The van der Waals surface area contributed by atoms with Crippen molar-refractivity contribution in [2.75, 3.05) is 11.9 Å². The van der Waals surface area contributed by atoms with Crippen LogP contribution in [-0.4, -0.2) is 37.1 Å². The van der Waals surface area contributed by atoms with Crippen LogP contribution in [0.2, 0.25) is 0 Å². The number of hydrogen-bond donors (Lipinski definition) is 0. The molecule has 0 aromatic heterocycles. The summed E-state index contributed by atoms with van der Waals surface area (Å²) in [6.07, 6.45) is 1.56. The van der Waals surface area contributed by atoms with E-state index in [0.29, 0.717) is 11.3 Å². The molecule has 10 heteroatoms. The van der Waals surface area contributed by atoms with Crippen molar-refractivity contribution in [3.63, 3.8) is 0 Å². The summed E-state index contributed by atoms with van der Waals surface area (Å²) in [6, 6.07) is 15.4. The number of para-hydroxylation sites is 1. The normalized spacial score (nSPS) is 23.5. The first-order valence-corrected chi connectivity index (χ1v) is 11.4. The van der Waals surface area contributed by atoms with Crippen LogP contribution >= 0.6 is 0 Å². The largest absolute Gasteiger partial charge is 0.518 e. The van der Waals surface area contributed by atoms with E-state index in [1.807, 2.05) is 42.5 Å². The van der Waals surface area contributed by atoms with Crippen LogP contribution in [0.25, 0.3) is 5.57 Å². The maximum absolute atomic E-state index is 13.7. The molecule has 0 N–H and O–H groups in total. The van der Waals surface area contributed by atoms with Crippen LogP contribution in [0.4, 0.5) is 18.9 Å². The maximum Gasteiger partial charge on any atom is 0.518 e. The first kappa shape index (κ1) is 22.3. The molecule has 0 unspecified atom stereocenters. The smallest absolute Gasteiger partial charge is 0.344 e. The second-order valence-corrected chi connectivity index (χ2v) is 10.7. The number of rotatable bonds is 2. The average molecular weight is 465 g/mol. The lowest BCUT2D eigenvalue weighted by atomic mass is 9.75. The van der Waals surface area contributed by atoms with Gasteiger partial charge in [-0.2, -0.15) is 26.7 Å². The summed E-state index contributed by atoms with van der Waals surface area (Å²) in [6.45, 7) is 5.39. The highest BCUT2D eigenvalue weighted by atomic mass is 32.2. The van der Waals surface area contributed by atoms with Crippen molar-refractivity contribution in [3.05, 3.63) is 71.8 Å². The van der Waals surface area contributed by atoms with Crippen LogP contribution < -0.4 is 4.90 Å². The molecule has 0 bridgehead atoms. The van der Waals surface area contributed by atoms with Gasteiger partial charge in [0.2, 0.25) is 0 Å². The van der Waals surface area contributed by atoms with Crippen LogP contribution in [0.1, 0.15) is 31.9 Å². The highest BCUT2D eigenvalue weighted by molar-refractivity contribution is 7.90. The zero-order valence-electron chi connectivity index (χ0n) is 18.0. The minimum atomic E-state index is -5.83. The monoisotopic (exact) mass is 464 g/mol. The minimum absolute atomic E-state index is 0.134. The Labute approximate surface area is 185 Å². The van der Waals surface area contributed by atoms with E-state index in [9.17, 15) is 21.6 Å². The Morgan fingerprint density at radius 2 is 1.56 bits per heavy atom. The van der Waals surface area contributed by atoms with Gasteiger partial charge in [-0.3, -0.25) is 0 Å². The molecule has 0 saturated carbocycles. The third kappa shape index (κ3) is 3.11. The summed E-state index contributed by atoms with van der Waals surface area (Å²) in [7, 11) is -4.26. The van der Waals surface area contributed by atoms with Gasteiger partial charge in [-0.05, 0) is 28.7 Å². The van der Waals surface area contributed by atoms with E-state index in [4.69, 9.17) is 0 Å². The third-order valence-electron chi connectivity index (χ3n) is 5.83. The fraction of sp³-hybridized carbons (Fsp3) is 0.364. The second-order valence-electron chi connectivity index (χ2n) is 8.95. The van der Waals surface area contributed by atoms with E-state index in [1.54, 1.807) is 46.0 Å². The van der Waals surface area contributed by atoms with Gasteiger partial charge in [0.1, 0.15) is 6.04 Å². The fourth-order valence-electron chi connectivity index (χ4n) is 4.39. The van der Waals surface area contributed by atoms with E-state index in [2.05, 4.69) is 10.3 Å². The Morgan fingerprint density at radius 3 is 2.16 bits per heavy atom. The number of fused-ring (bicyclic) bond motifs is 1. The SMILES string of the molecule is CN1c2ccccc2C(c2ccccc2)=C[C@@]12[C@H](C(C)(C)C)N=NN2S(=O)(=O)C(F)(F)F. The number of anilines is 1. The molecule has 2 aliphatic rings. The van der Waals surface area contributed by atoms with Gasteiger partial charge in [0.15, 0.2) is 5.66 Å². The molecule has 2 aromatic rings. The molecule has 0 radical (unpaired) electrons. The molecule has 2 aromatic carbocycles. The van der Waals surface area contributed by atoms with E-state index in [-0.39, 0.29) is 4.41 Å². The zero-order valence-corrected chi connectivity index (χ0v) is 18.8. The summed E-state index contributed by atoms with van der Waals surface area (Å²) < 4.78 is 66.7. The Bertz CT molecular complexity index is 1200. The van der Waals surface area contributed by atoms with Gasteiger partial charge in [-0.25, -0.2) is 0 Å². The first-order valence-electron chi connectivity index (χ1n) is 9.96. The van der Waals surface area contributed by atoms with Crippen LogP contribution in [0.3, 0.4) is 0 Å². The standard InChI is InChI=1S/C22H23F3N4O2S/c1-20(2,3)19-21(29(27-26-19)32(30,31)22(23,24)25)14-17(15-10-6-5-7-11-15)16-12-8-9-13-18(16)28(21)4/h5-14,19H,1-4H3/t19-,21+/m0/s1. The molecule has 32 heavy (non-hydrogen) atoms. The number of nitrogens with zero attached hydrogens (tertiary/aromatic N) is 4. The highest BCUT2D eigenvalue weighted by Crippen LogP contribution is 2.52. The van der Waals surface area contributed by atoms with Gasteiger partial charge in [-0.1, -0.05) is 74.5 Å². The van der Waals surface area contributed by atoms with Gasteiger partial charge in [0.25, 0.3) is 0 Å². The van der Waals surface area contributed by atoms with Gasteiger partial charge in [0, 0.05) is 18.3 Å². The molecular formula is C22H23F3N4O2S. The average Bonchev–Trinajstić information content (AvgIpc) is 3.11. The lowest BCUT2D eigenvalue weighted by Crippen LogP contribution is -2.66. The second kappa shape index (κ2) is 7.06. The summed E-state index contributed by atoms with van der Waals surface area (Å²) in [5.74, 6) is 0. The summed E-state index contributed by atoms with van der Waals surface area (Å²) in [4.78, 5) is 1.54. The predicted molar refractivity (Wildman–Crippen MR) is 116 cm³/mol. The van der Waals surface area contributed by atoms with Crippen LogP contribution in [-0.2, 0) is 10.0 Å². The van der Waals surface area contributed by atoms with Crippen molar-refractivity contribution < 1.29 is 21.6 Å². The Morgan fingerprint density at radius 1 is 0.969 bits per heavy atom. The number of benzene rings is 2. The Balaban J connectivity index is 2.08. The molecule has 0 fully saturated rings. The van der Waals surface area contributed by atoms with E-state index < -0.39 is 32.7 Å². The van der Waals surface area contributed by atoms with Crippen LogP contribution in [0.15, 0.2) is 71.0 Å². The Kier molecular flexibility index (Phi) is 4.92. The molecule has 0 saturated heterocycles. The minimum Gasteiger partial charge on any atom is -0.344 e. The molecule has 170 valence electrons. The van der Waals surface area contributed by atoms with Crippen molar-refractivity contribution >= 4 is 21.3 Å². The quantitative estimate of drug-likeness (QED) is 0.613. The molecule has 1 spiro atoms. The lowest BCUT2D eigenvalue weighted by Gasteiger charge is -2.50. The van der Waals surface area contributed by atoms with Crippen LogP contribution in [0, 0.1) is 5.41 Å². The van der Waals surface area contributed by atoms with Crippen LogP contribution in [0.5, 0.6) is 0 Å². The van der Waals surface area contributed by atoms with Crippen molar-refractivity contribution in [1.82, 2.24) is 4.41 Å².